The van der Waals surface area contributed by atoms with Gasteiger partial charge in [-0.25, -0.2) is 0 Å². The number of nitrogens with zero attached hydrogens (tertiary/aromatic N) is 3. The second-order valence-corrected chi connectivity index (χ2v) is 9.77. The highest BCUT2D eigenvalue weighted by molar-refractivity contribution is 5.84. The number of carbonyl (C=O) groups excluding carboxylic acids is 2. The summed E-state index contributed by atoms with van der Waals surface area (Å²) in [7, 11) is 0. The molecule has 1 amide bonds. The summed E-state index contributed by atoms with van der Waals surface area (Å²) in [6.45, 7) is 10.1. The summed E-state index contributed by atoms with van der Waals surface area (Å²) in [5.41, 5.74) is 1.95. The van der Waals surface area contributed by atoms with Gasteiger partial charge in [0.15, 0.2) is 24.2 Å². The summed E-state index contributed by atoms with van der Waals surface area (Å²) in [4.78, 5) is 27.9. The zero-order valence-corrected chi connectivity index (χ0v) is 20.4. The molecule has 1 fully saturated rings. The Hall–Kier alpha value is -2.93. The van der Waals surface area contributed by atoms with Crippen molar-refractivity contribution in [2.45, 2.75) is 45.1 Å². The molecule has 34 heavy (non-hydrogen) atoms. The number of azo groups is 2. The molecule has 2 aliphatic rings. The Kier molecular flexibility index (Phi) is 7.22. The molecule has 1 N–H and O–H groups in total. The summed E-state index contributed by atoms with van der Waals surface area (Å²) in [6.07, 6.45) is 1.71. The smallest absolute Gasteiger partial charge is 0.267 e. The Morgan fingerprint density at radius 1 is 1.15 bits per heavy atom. The molecule has 2 aromatic carbocycles. The maximum atomic E-state index is 14.8. The zero-order valence-electron chi connectivity index (χ0n) is 20.4. The number of nitrogens with one attached hydrogen (secondary N) is 1. The van der Waals surface area contributed by atoms with Gasteiger partial charge in [0, 0.05) is 13.0 Å². The summed E-state index contributed by atoms with van der Waals surface area (Å²) in [5, 5.41) is 4.78. The number of piperazine rings is 1. The second-order valence-electron chi connectivity index (χ2n) is 9.77. The van der Waals surface area contributed by atoms with E-state index in [0.29, 0.717) is 12.2 Å². The van der Waals surface area contributed by atoms with E-state index in [2.05, 4.69) is 12.1 Å². The molecule has 180 valence electrons. The topological polar surface area (TPSA) is 57.2 Å². The number of rotatable bonds is 7. The molecule has 4 rings (SSSR count). The molecule has 0 saturated carbocycles. The van der Waals surface area contributed by atoms with Crippen LogP contribution in [0, 0.1) is 12.7 Å². The maximum Gasteiger partial charge on any atom is 0.267 e. The van der Waals surface area contributed by atoms with E-state index in [0.717, 1.165) is 56.7 Å². The highest BCUT2D eigenvalue weighted by Crippen LogP contribution is 2.42. The highest BCUT2D eigenvalue weighted by atomic mass is 19.1. The van der Waals surface area contributed by atoms with Gasteiger partial charge in [0.2, 0.25) is 5.91 Å². The van der Waals surface area contributed by atoms with Crippen molar-refractivity contribution in [3.8, 4) is 0 Å². The number of hydrogen-bond donors (Lipinski definition) is 1. The van der Waals surface area contributed by atoms with E-state index in [4.69, 9.17) is 5.11 Å². The number of hydrogen-bond acceptors (Lipinski definition) is 3. The van der Waals surface area contributed by atoms with Crippen molar-refractivity contribution in [3.05, 3.63) is 65.5 Å². The predicted octanol–water partition coefficient (Wildman–Crippen LogP) is 2.67. The minimum absolute atomic E-state index is 0.00170. The van der Waals surface area contributed by atoms with Crippen LogP contribution in [0.25, 0.3) is 0 Å². The van der Waals surface area contributed by atoms with Gasteiger partial charge in [0.1, 0.15) is 0 Å². The van der Waals surface area contributed by atoms with Crippen molar-refractivity contribution in [1.29, 1.82) is 0 Å². The lowest BCUT2D eigenvalue weighted by Gasteiger charge is -2.33. The zero-order chi connectivity index (χ0) is 24.3. The Bertz CT molecular complexity index is 1080. The SMILES string of the molecule is CC(=O)C1N=[N+](c2cc(C)ccc2F)C[C@@]1(CCC[NH+]1CCN(C(C)=O)CC1)c1ccccc1. The average molecular weight is 467 g/mol. The number of carbonyl (C=O) groups is 2. The molecule has 7 heteroatoms. The quantitative estimate of drug-likeness (QED) is 0.638. The first-order chi connectivity index (χ1) is 16.3. The summed E-state index contributed by atoms with van der Waals surface area (Å²) in [5.74, 6) is -0.183. The molecule has 0 spiro atoms. The fourth-order valence-electron chi connectivity index (χ4n) is 5.50. The van der Waals surface area contributed by atoms with Crippen LogP contribution in [0.4, 0.5) is 10.1 Å². The lowest BCUT2D eigenvalue weighted by molar-refractivity contribution is -0.904. The van der Waals surface area contributed by atoms with Crippen LogP contribution in [0.5, 0.6) is 0 Å². The van der Waals surface area contributed by atoms with Gasteiger partial charge in [-0.05, 0) is 49.0 Å². The molecule has 2 heterocycles. The lowest BCUT2D eigenvalue weighted by Crippen LogP contribution is -3.14. The van der Waals surface area contributed by atoms with E-state index in [1.54, 1.807) is 30.7 Å². The molecule has 0 aromatic heterocycles. The summed E-state index contributed by atoms with van der Waals surface area (Å²) >= 11 is 0. The van der Waals surface area contributed by atoms with Crippen molar-refractivity contribution in [2.24, 2.45) is 5.11 Å². The number of amides is 1. The Morgan fingerprint density at radius 3 is 2.50 bits per heavy atom. The van der Waals surface area contributed by atoms with Crippen molar-refractivity contribution < 1.29 is 23.6 Å². The molecule has 0 aliphatic carbocycles. The first kappa shape index (κ1) is 24.2. The number of benzene rings is 2. The number of quaternary nitrogens is 1. The van der Waals surface area contributed by atoms with Gasteiger partial charge in [0.05, 0.1) is 38.1 Å². The third-order valence-electron chi connectivity index (χ3n) is 7.39. The van der Waals surface area contributed by atoms with Crippen LogP contribution < -0.4 is 4.90 Å². The molecule has 6 nitrogen and oxygen atoms in total. The molecular weight excluding hydrogens is 431 g/mol. The first-order valence-electron chi connectivity index (χ1n) is 12.2. The van der Waals surface area contributed by atoms with Crippen molar-refractivity contribution in [2.75, 3.05) is 39.3 Å². The molecule has 2 aliphatic heterocycles. The van der Waals surface area contributed by atoms with Crippen LogP contribution >= 0.6 is 0 Å². The molecule has 2 aromatic rings. The molecule has 2 atom stereocenters. The van der Waals surface area contributed by atoms with Gasteiger partial charge in [-0.3, -0.25) is 9.59 Å². The summed E-state index contributed by atoms with van der Waals surface area (Å²) < 4.78 is 16.5. The Morgan fingerprint density at radius 2 is 1.85 bits per heavy atom. The molecule has 1 unspecified atom stereocenters. The summed E-state index contributed by atoms with van der Waals surface area (Å²) in [6, 6.07) is 14.6. The number of ketones is 1. The standard InChI is InChI=1S/C27H34FN4O2/c1-20-10-11-24(28)25(18-20)32-19-27(26(29-32)21(2)33,23-8-5-4-6-9-23)12-7-13-30-14-16-31(17-15-30)22(3)34/h4-6,8-11,18,26H,7,12-17,19H2,1-3H3/q+1/p+1/t26?,27-/m0/s1. The van der Waals surface area contributed by atoms with Crippen LogP contribution in [0.3, 0.4) is 0 Å². The number of halogens is 1. The van der Waals surface area contributed by atoms with Gasteiger partial charge in [-0.1, -0.05) is 41.1 Å². The molecule has 0 bridgehead atoms. The fraction of sp³-hybridized carbons (Fsp3) is 0.481. The van der Waals surface area contributed by atoms with Crippen LogP contribution in [0.1, 0.15) is 37.8 Å². The number of aryl methyl sites for hydroxylation is 1. The van der Waals surface area contributed by atoms with Gasteiger partial charge in [-0.2, -0.15) is 4.39 Å². The van der Waals surface area contributed by atoms with Crippen LogP contribution in [-0.4, -0.2) is 66.6 Å². The fourth-order valence-corrected chi connectivity index (χ4v) is 5.50. The predicted molar refractivity (Wildman–Crippen MR) is 128 cm³/mol. The average Bonchev–Trinajstić information content (AvgIpc) is 3.22. The second kappa shape index (κ2) is 10.1. The molecular formula is C27H35FN4O2+2. The van der Waals surface area contributed by atoms with Gasteiger partial charge in [0.25, 0.3) is 5.69 Å². The van der Waals surface area contributed by atoms with E-state index >= 15 is 0 Å². The van der Waals surface area contributed by atoms with Gasteiger partial charge < -0.3 is 9.80 Å². The monoisotopic (exact) mass is 466 g/mol. The van der Waals surface area contributed by atoms with E-state index in [1.807, 2.05) is 30.0 Å². The van der Waals surface area contributed by atoms with Crippen LogP contribution in [-0.2, 0) is 15.0 Å². The Labute approximate surface area is 201 Å². The third-order valence-corrected chi connectivity index (χ3v) is 7.39. The van der Waals surface area contributed by atoms with Gasteiger partial charge >= 0.3 is 0 Å². The molecule has 1 saturated heterocycles. The van der Waals surface area contributed by atoms with Gasteiger partial charge in [-0.15, -0.1) is 0 Å². The Balaban J connectivity index is 1.57. The van der Waals surface area contributed by atoms with E-state index in [-0.39, 0.29) is 17.5 Å². The van der Waals surface area contributed by atoms with E-state index < -0.39 is 11.5 Å². The van der Waals surface area contributed by atoms with Crippen molar-refractivity contribution in [3.63, 3.8) is 0 Å². The van der Waals surface area contributed by atoms with Crippen molar-refractivity contribution in [1.82, 2.24) is 4.90 Å². The highest BCUT2D eigenvalue weighted by Gasteiger charge is 2.54. The third kappa shape index (κ3) is 4.94. The van der Waals surface area contributed by atoms with E-state index in [9.17, 15) is 14.0 Å². The van der Waals surface area contributed by atoms with Crippen molar-refractivity contribution >= 4 is 17.4 Å². The normalized spacial score (nSPS) is 23.1. The number of Topliss-reactive ketones (excluding diaryl/α,β-unsaturated/α-hetero) is 1. The molecule has 0 radical (unpaired) electrons. The van der Waals surface area contributed by atoms with E-state index in [1.165, 1.54) is 11.0 Å². The maximum absolute atomic E-state index is 14.8. The lowest BCUT2D eigenvalue weighted by atomic mass is 9.70. The van der Waals surface area contributed by atoms with Crippen LogP contribution in [0.2, 0.25) is 0 Å². The minimum atomic E-state index is -0.556. The first-order valence-corrected chi connectivity index (χ1v) is 12.2. The largest absolute Gasteiger partial charge is 0.332 e. The van der Waals surface area contributed by atoms with Crippen LogP contribution in [0.15, 0.2) is 53.6 Å². The minimum Gasteiger partial charge on any atom is -0.332 e.